The molecule has 1 aromatic heterocycles. The Hall–Kier alpha value is -3.09. The van der Waals surface area contributed by atoms with Crippen molar-refractivity contribution < 1.29 is 20.1 Å². The van der Waals surface area contributed by atoms with Crippen molar-refractivity contribution in [3.63, 3.8) is 0 Å². The maximum absolute atomic E-state index is 11.6. The average Bonchev–Trinajstić information content (AvgIpc) is 2.42. The second-order valence-electron chi connectivity index (χ2n) is 3.81. The monoisotopic (exact) mass is 273 g/mol. The van der Waals surface area contributed by atoms with E-state index in [0.29, 0.717) is 0 Å². The molecule has 0 saturated heterocycles. The van der Waals surface area contributed by atoms with Crippen LogP contribution >= 0.6 is 0 Å². The molecular formula is C13H11N3O4. The van der Waals surface area contributed by atoms with Crippen molar-refractivity contribution in [2.45, 2.75) is 0 Å². The van der Waals surface area contributed by atoms with Crippen LogP contribution < -0.4 is 5.43 Å². The highest BCUT2D eigenvalue weighted by atomic mass is 16.3. The zero-order chi connectivity index (χ0) is 14.5. The van der Waals surface area contributed by atoms with Crippen LogP contribution in [0.2, 0.25) is 0 Å². The predicted octanol–water partition coefficient (Wildman–Crippen LogP) is 0.962. The fourth-order valence-corrected chi connectivity index (χ4v) is 1.45. The van der Waals surface area contributed by atoms with Gasteiger partial charge in [0.15, 0.2) is 0 Å². The molecule has 20 heavy (non-hydrogen) atoms. The Bertz CT molecular complexity index is 633. The SMILES string of the molecule is O=C(N/N=C/c1c(O)cc(O)cc1O)c1ccccn1. The lowest BCUT2D eigenvalue weighted by Gasteiger charge is -2.03. The molecule has 1 amide bonds. The third kappa shape index (κ3) is 3.02. The molecule has 0 fully saturated rings. The van der Waals surface area contributed by atoms with Gasteiger partial charge in [-0.1, -0.05) is 6.07 Å². The van der Waals surface area contributed by atoms with Gasteiger partial charge in [-0.3, -0.25) is 9.78 Å². The maximum Gasteiger partial charge on any atom is 0.289 e. The first kappa shape index (κ1) is 13.3. The molecule has 0 spiro atoms. The van der Waals surface area contributed by atoms with Gasteiger partial charge in [-0.2, -0.15) is 5.10 Å². The van der Waals surface area contributed by atoms with E-state index < -0.39 is 5.91 Å². The summed E-state index contributed by atoms with van der Waals surface area (Å²) in [4.78, 5) is 15.4. The first-order chi connectivity index (χ1) is 9.58. The number of nitrogens with one attached hydrogen (secondary N) is 1. The summed E-state index contributed by atoms with van der Waals surface area (Å²) in [5.74, 6) is -1.54. The lowest BCUT2D eigenvalue weighted by molar-refractivity contribution is 0.0950. The Labute approximate surface area is 113 Å². The first-order valence-corrected chi connectivity index (χ1v) is 5.57. The third-order valence-electron chi connectivity index (χ3n) is 2.38. The lowest BCUT2D eigenvalue weighted by Crippen LogP contribution is -2.18. The van der Waals surface area contributed by atoms with Crippen LogP contribution in [0.5, 0.6) is 17.2 Å². The quantitative estimate of drug-likeness (QED) is 0.491. The van der Waals surface area contributed by atoms with Crippen LogP contribution in [0.3, 0.4) is 0 Å². The smallest absolute Gasteiger partial charge is 0.289 e. The van der Waals surface area contributed by atoms with E-state index in [1.165, 1.54) is 12.3 Å². The Morgan fingerprint density at radius 1 is 1.20 bits per heavy atom. The molecule has 0 aliphatic carbocycles. The van der Waals surface area contributed by atoms with Gasteiger partial charge in [-0.25, -0.2) is 5.43 Å². The van der Waals surface area contributed by atoms with Gasteiger partial charge >= 0.3 is 0 Å². The zero-order valence-corrected chi connectivity index (χ0v) is 10.2. The number of hydrazone groups is 1. The summed E-state index contributed by atoms with van der Waals surface area (Å²) in [5, 5.41) is 31.8. The van der Waals surface area contributed by atoms with E-state index in [-0.39, 0.29) is 28.5 Å². The van der Waals surface area contributed by atoms with Crippen molar-refractivity contribution in [1.82, 2.24) is 10.4 Å². The number of hydrogen-bond acceptors (Lipinski definition) is 6. The molecule has 0 atom stereocenters. The number of hydrogen-bond donors (Lipinski definition) is 4. The molecule has 7 heteroatoms. The number of rotatable bonds is 3. The van der Waals surface area contributed by atoms with E-state index >= 15 is 0 Å². The normalized spacial score (nSPS) is 10.6. The highest BCUT2D eigenvalue weighted by molar-refractivity contribution is 5.94. The van der Waals surface area contributed by atoms with Gasteiger partial charge in [-0.05, 0) is 12.1 Å². The van der Waals surface area contributed by atoms with Crippen LogP contribution in [-0.2, 0) is 0 Å². The fourth-order valence-electron chi connectivity index (χ4n) is 1.45. The van der Waals surface area contributed by atoms with Gasteiger partial charge < -0.3 is 15.3 Å². The minimum absolute atomic E-state index is 0.0240. The van der Waals surface area contributed by atoms with Crippen molar-refractivity contribution in [1.29, 1.82) is 0 Å². The number of pyridine rings is 1. The number of carbonyl (C=O) groups is 1. The van der Waals surface area contributed by atoms with Crippen LogP contribution in [0, 0.1) is 0 Å². The van der Waals surface area contributed by atoms with Gasteiger partial charge in [0.25, 0.3) is 5.91 Å². The summed E-state index contributed by atoms with van der Waals surface area (Å²) < 4.78 is 0. The highest BCUT2D eigenvalue weighted by Gasteiger charge is 2.08. The summed E-state index contributed by atoms with van der Waals surface area (Å²) in [6.07, 6.45) is 2.53. The number of aromatic hydroxyl groups is 3. The number of aromatic nitrogens is 1. The molecule has 2 rings (SSSR count). The number of nitrogens with zero attached hydrogens (tertiary/aromatic N) is 2. The van der Waals surface area contributed by atoms with Crippen molar-refractivity contribution in [2.24, 2.45) is 5.10 Å². The predicted molar refractivity (Wildman–Crippen MR) is 70.7 cm³/mol. The van der Waals surface area contributed by atoms with E-state index in [4.69, 9.17) is 5.11 Å². The molecule has 102 valence electrons. The second kappa shape index (κ2) is 5.70. The Balaban J connectivity index is 2.10. The van der Waals surface area contributed by atoms with E-state index in [1.807, 2.05) is 0 Å². The number of phenolic OH excluding ortho intramolecular Hbond substituents is 3. The molecule has 2 aromatic rings. The van der Waals surface area contributed by atoms with E-state index in [2.05, 4.69) is 15.5 Å². The maximum atomic E-state index is 11.6. The average molecular weight is 273 g/mol. The molecule has 0 aliphatic rings. The molecule has 7 nitrogen and oxygen atoms in total. The Kier molecular flexibility index (Phi) is 3.80. The van der Waals surface area contributed by atoms with Crippen molar-refractivity contribution in [3.8, 4) is 17.2 Å². The molecule has 0 saturated carbocycles. The third-order valence-corrected chi connectivity index (χ3v) is 2.38. The minimum Gasteiger partial charge on any atom is -0.508 e. The van der Waals surface area contributed by atoms with E-state index in [0.717, 1.165) is 18.3 Å². The summed E-state index contributed by atoms with van der Waals surface area (Å²) in [6, 6.07) is 6.93. The van der Waals surface area contributed by atoms with Crippen LogP contribution in [0.15, 0.2) is 41.6 Å². The summed E-state index contributed by atoms with van der Waals surface area (Å²) in [7, 11) is 0. The first-order valence-electron chi connectivity index (χ1n) is 5.57. The molecule has 0 bridgehead atoms. The van der Waals surface area contributed by atoms with Crippen LogP contribution in [0.25, 0.3) is 0 Å². The van der Waals surface area contributed by atoms with Crippen molar-refractivity contribution in [2.75, 3.05) is 0 Å². The Morgan fingerprint density at radius 3 is 2.50 bits per heavy atom. The van der Waals surface area contributed by atoms with Gasteiger partial charge in [-0.15, -0.1) is 0 Å². The van der Waals surface area contributed by atoms with Crippen molar-refractivity contribution in [3.05, 3.63) is 47.8 Å². The molecule has 0 aliphatic heterocycles. The van der Waals surface area contributed by atoms with E-state index in [1.54, 1.807) is 12.1 Å². The topological polar surface area (TPSA) is 115 Å². The summed E-state index contributed by atoms with van der Waals surface area (Å²) in [6.45, 7) is 0. The van der Waals surface area contributed by atoms with Crippen LogP contribution in [0.4, 0.5) is 0 Å². The van der Waals surface area contributed by atoms with Gasteiger partial charge in [0, 0.05) is 18.3 Å². The number of benzene rings is 1. The standard InChI is InChI=1S/C13H11N3O4/c17-8-5-11(18)9(12(19)6-8)7-15-16-13(20)10-3-1-2-4-14-10/h1-7,17-19H,(H,16,20)/b15-7+. The van der Waals surface area contributed by atoms with Gasteiger partial charge in [0.05, 0.1) is 11.8 Å². The highest BCUT2D eigenvalue weighted by Crippen LogP contribution is 2.30. The number of phenols is 3. The molecule has 0 unspecified atom stereocenters. The molecule has 4 N–H and O–H groups in total. The number of amides is 1. The van der Waals surface area contributed by atoms with Crippen LogP contribution in [0.1, 0.15) is 16.1 Å². The van der Waals surface area contributed by atoms with Gasteiger partial charge in [0.2, 0.25) is 0 Å². The van der Waals surface area contributed by atoms with E-state index in [9.17, 15) is 15.0 Å². The fraction of sp³-hybridized carbons (Fsp3) is 0. The number of carbonyl (C=O) groups excluding carboxylic acids is 1. The Morgan fingerprint density at radius 2 is 1.90 bits per heavy atom. The summed E-state index contributed by atoms with van der Waals surface area (Å²) >= 11 is 0. The minimum atomic E-state index is -0.528. The molecule has 1 heterocycles. The lowest BCUT2D eigenvalue weighted by atomic mass is 10.2. The zero-order valence-electron chi connectivity index (χ0n) is 10.2. The molecule has 0 radical (unpaired) electrons. The summed E-state index contributed by atoms with van der Waals surface area (Å²) in [5.41, 5.74) is 2.36. The second-order valence-corrected chi connectivity index (χ2v) is 3.81. The van der Waals surface area contributed by atoms with Gasteiger partial charge in [0.1, 0.15) is 22.9 Å². The van der Waals surface area contributed by atoms with Crippen LogP contribution in [-0.4, -0.2) is 32.4 Å². The largest absolute Gasteiger partial charge is 0.508 e. The van der Waals surface area contributed by atoms with Crippen molar-refractivity contribution >= 4 is 12.1 Å². The molecular weight excluding hydrogens is 262 g/mol. The molecule has 1 aromatic carbocycles.